The van der Waals surface area contributed by atoms with Gasteiger partial charge in [-0.2, -0.15) is 0 Å². The molecule has 1 aromatic carbocycles. The number of aryl methyl sites for hydroxylation is 1. The number of nitrogens with one attached hydrogen (secondary N) is 2. The standard InChI is InChI=1S/C22H24N6O2S/c1-14-16(7-8-18(23)27-14)11-26-21(29)17-13-31-19-12-25-20(22(30)28(17)19)24-10-9-15-5-3-2-4-6-15/h2-8,12,17H,9-11,13H2,1H3,(H2,23,27)(H,24,25)(H,26,29)/t17-/m1/s1. The van der Waals surface area contributed by atoms with Gasteiger partial charge >= 0.3 is 0 Å². The average Bonchev–Trinajstić information content (AvgIpc) is 3.20. The van der Waals surface area contributed by atoms with Gasteiger partial charge < -0.3 is 16.4 Å². The highest BCUT2D eigenvalue weighted by molar-refractivity contribution is 7.99. The maximum absolute atomic E-state index is 13.0. The summed E-state index contributed by atoms with van der Waals surface area (Å²) in [4.78, 5) is 34.3. The second kappa shape index (κ2) is 9.22. The van der Waals surface area contributed by atoms with Crippen LogP contribution in [0.1, 0.15) is 22.9 Å². The summed E-state index contributed by atoms with van der Waals surface area (Å²) in [5.74, 6) is 1.000. The first-order chi connectivity index (χ1) is 15.0. The van der Waals surface area contributed by atoms with Crippen LogP contribution in [0.15, 0.2) is 58.5 Å². The van der Waals surface area contributed by atoms with Crippen LogP contribution in [-0.4, -0.2) is 32.7 Å². The fraction of sp³-hybridized carbons (Fsp3) is 0.273. The molecular weight excluding hydrogens is 412 g/mol. The molecule has 1 atom stereocenters. The summed E-state index contributed by atoms with van der Waals surface area (Å²) >= 11 is 1.46. The van der Waals surface area contributed by atoms with Crippen molar-refractivity contribution in [3.63, 3.8) is 0 Å². The maximum Gasteiger partial charge on any atom is 0.294 e. The van der Waals surface area contributed by atoms with Crippen LogP contribution >= 0.6 is 11.8 Å². The highest BCUT2D eigenvalue weighted by Crippen LogP contribution is 2.31. The molecule has 0 spiro atoms. The molecule has 0 bridgehead atoms. The molecule has 1 amide bonds. The number of amides is 1. The first kappa shape index (κ1) is 20.9. The summed E-state index contributed by atoms with van der Waals surface area (Å²) in [5, 5.41) is 6.73. The molecule has 0 saturated carbocycles. The van der Waals surface area contributed by atoms with E-state index in [1.165, 1.54) is 21.9 Å². The van der Waals surface area contributed by atoms with E-state index in [0.717, 1.165) is 17.7 Å². The molecule has 0 saturated heterocycles. The molecule has 0 radical (unpaired) electrons. The topological polar surface area (TPSA) is 115 Å². The Bertz CT molecular complexity index is 1150. The van der Waals surface area contributed by atoms with Crippen molar-refractivity contribution in [2.75, 3.05) is 23.3 Å². The lowest BCUT2D eigenvalue weighted by Gasteiger charge is -2.15. The van der Waals surface area contributed by atoms with Crippen LogP contribution in [0, 0.1) is 6.92 Å². The molecule has 4 rings (SSSR count). The predicted octanol–water partition coefficient (Wildman–Crippen LogP) is 2.15. The minimum Gasteiger partial charge on any atom is -0.384 e. The SMILES string of the molecule is Cc1nc(N)ccc1CNC(=O)[C@H]1CSc2cnc(NCCc3ccccc3)c(=O)n21. The number of rotatable bonds is 7. The number of thioether (sulfide) groups is 1. The molecule has 8 nitrogen and oxygen atoms in total. The first-order valence-corrected chi connectivity index (χ1v) is 11.0. The van der Waals surface area contributed by atoms with Crippen LogP contribution in [0.3, 0.4) is 0 Å². The Balaban J connectivity index is 1.43. The predicted molar refractivity (Wildman–Crippen MR) is 122 cm³/mol. The number of benzene rings is 1. The summed E-state index contributed by atoms with van der Waals surface area (Å²) in [7, 11) is 0. The molecular formula is C22H24N6O2S. The number of nitrogen functional groups attached to an aromatic ring is 1. The van der Waals surface area contributed by atoms with Gasteiger partial charge in [-0.05, 0) is 30.5 Å². The van der Waals surface area contributed by atoms with Gasteiger partial charge in [0.15, 0.2) is 5.82 Å². The minimum absolute atomic E-state index is 0.203. The average molecular weight is 437 g/mol. The van der Waals surface area contributed by atoms with Gasteiger partial charge in [0.2, 0.25) is 5.91 Å². The van der Waals surface area contributed by atoms with Gasteiger partial charge in [-0.3, -0.25) is 14.2 Å². The number of hydrogen-bond acceptors (Lipinski definition) is 7. The fourth-order valence-electron chi connectivity index (χ4n) is 3.47. The van der Waals surface area contributed by atoms with E-state index in [-0.39, 0.29) is 17.3 Å². The van der Waals surface area contributed by atoms with Gasteiger partial charge in [0.25, 0.3) is 5.56 Å². The zero-order valence-corrected chi connectivity index (χ0v) is 18.0. The number of carbonyl (C=O) groups excluding carboxylic acids is 1. The lowest BCUT2D eigenvalue weighted by molar-refractivity contribution is -0.124. The Hall–Kier alpha value is -3.33. The number of nitrogens with zero attached hydrogens (tertiary/aromatic N) is 3. The minimum atomic E-state index is -0.577. The Morgan fingerprint density at radius 3 is 2.84 bits per heavy atom. The molecule has 9 heteroatoms. The second-order valence-electron chi connectivity index (χ2n) is 7.31. The van der Waals surface area contributed by atoms with Crippen molar-refractivity contribution in [2.24, 2.45) is 0 Å². The summed E-state index contributed by atoms with van der Waals surface area (Å²) in [6.07, 6.45) is 2.43. The highest BCUT2D eigenvalue weighted by Gasteiger charge is 2.31. The first-order valence-electron chi connectivity index (χ1n) is 10.0. The third-order valence-corrected chi connectivity index (χ3v) is 6.27. The molecule has 0 aliphatic carbocycles. The Morgan fingerprint density at radius 1 is 1.26 bits per heavy atom. The van der Waals surface area contributed by atoms with Crippen LogP contribution in [0.4, 0.5) is 11.6 Å². The molecule has 0 unspecified atom stereocenters. The number of pyridine rings is 1. The van der Waals surface area contributed by atoms with E-state index in [1.54, 1.807) is 12.3 Å². The summed E-state index contributed by atoms with van der Waals surface area (Å²) in [5.41, 5.74) is 8.24. The summed E-state index contributed by atoms with van der Waals surface area (Å²) in [6, 6.07) is 13.0. The lowest BCUT2D eigenvalue weighted by Crippen LogP contribution is -2.37. The summed E-state index contributed by atoms with van der Waals surface area (Å²) < 4.78 is 1.53. The molecule has 160 valence electrons. The van der Waals surface area contributed by atoms with Gasteiger partial charge in [0.05, 0.1) is 11.2 Å². The molecule has 3 aromatic rings. The maximum atomic E-state index is 13.0. The normalized spacial score (nSPS) is 14.8. The van der Waals surface area contributed by atoms with Gasteiger partial charge in [-0.1, -0.05) is 36.4 Å². The number of fused-ring (bicyclic) bond motifs is 1. The number of hydrogen-bond donors (Lipinski definition) is 3. The highest BCUT2D eigenvalue weighted by atomic mass is 32.2. The van der Waals surface area contributed by atoms with E-state index in [9.17, 15) is 9.59 Å². The molecule has 1 aliphatic rings. The van der Waals surface area contributed by atoms with Gasteiger partial charge in [0, 0.05) is 24.5 Å². The van der Waals surface area contributed by atoms with Crippen molar-refractivity contribution in [3.05, 3.63) is 75.8 Å². The van der Waals surface area contributed by atoms with Crippen LogP contribution in [-0.2, 0) is 17.8 Å². The Morgan fingerprint density at radius 2 is 2.06 bits per heavy atom. The third kappa shape index (κ3) is 4.72. The van der Waals surface area contributed by atoms with Crippen LogP contribution in [0.2, 0.25) is 0 Å². The van der Waals surface area contributed by atoms with Gasteiger partial charge in [0.1, 0.15) is 11.9 Å². The van der Waals surface area contributed by atoms with Crippen LogP contribution in [0.5, 0.6) is 0 Å². The second-order valence-corrected chi connectivity index (χ2v) is 8.35. The monoisotopic (exact) mass is 436 g/mol. The van der Waals surface area contributed by atoms with Crippen molar-refractivity contribution in [2.45, 2.75) is 31.0 Å². The zero-order valence-electron chi connectivity index (χ0n) is 17.2. The lowest BCUT2D eigenvalue weighted by atomic mass is 10.1. The van der Waals surface area contributed by atoms with Crippen molar-refractivity contribution in [1.82, 2.24) is 19.9 Å². The number of aromatic nitrogens is 3. The van der Waals surface area contributed by atoms with E-state index in [4.69, 9.17) is 5.73 Å². The van der Waals surface area contributed by atoms with Crippen LogP contribution in [0.25, 0.3) is 0 Å². The molecule has 31 heavy (non-hydrogen) atoms. The van der Waals surface area contributed by atoms with E-state index in [1.807, 2.05) is 43.3 Å². The van der Waals surface area contributed by atoms with E-state index >= 15 is 0 Å². The third-order valence-electron chi connectivity index (χ3n) is 5.19. The fourth-order valence-corrected chi connectivity index (χ4v) is 4.58. The smallest absolute Gasteiger partial charge is 0.294 e. The Labute approximate surface area is 184 Å². The Kier molecular flexibility index (Phi) is 6.22. The van der Waals surface area contributed by atoms with Crippen LogP contribution < -0.4 is 21.9 Å². The largest absolute Gasteiger partial charge is 0.384 e. The molecule has 2 aromatic heterocycles. The van der Waals surface area contributed by atoms with E-state index in [0.29, 0.717) is 29.7 Å². The van der Waals surface area contributed by atoms with Crippen molar-refractivity contribution in [3.8, 4) is 0 Å². The number of anilines is 2. The van der Waals surface area contributed by atoms with E-state index in [2.05, 4.69) is 20.6 Å². The van der Waals surface area contributed by atoms with Gasteiger partial charge in [-0.25, -0.2) is 9.97 Å². The number of carbonyl (C=O) groups is 1. The molecule has 3 heterocycles. The van der Waals surface area contributed by atoms with Crippen molar-refractivity contribution >= 4 is 29.3 Å². The number of nitrogens with two attached hydrogens (primary N) is 1. The quantitative estimate of drug-likeness (QED) is 0.520. The molecule has 1 aliphatic heterocycles. The van der Waals surface area contributed by atoms with E-state index < -0.39 is 6.04 Å². The van der Waals surface area contributed by atoms with Crippen molar-refractivity contribution < 1.29 is 4.79 Å². The molecule has 0 fully saturated rings. The van der Waals surface area contributed by atoms with Gasteiger partial charge in [-0.15, -0.1) is 11.8 Å². The zero-order chi connectivity index (χ0) is 21.8. The molecule has 4 N–H and O–H groups in total. The van der Waals surface area contributed by atoms with Crippen molar-refractivity contribution in [1.29, 1.82) is 0 Å². The summed E-state index contributed by atoms with van der Waals surface area (Å²) in [6.45, 7) is 2.76.